The van der Waals surface area contributed by atoms with Gasteiger partial charge >= 0.3 is 0 Å². The standard InChI is InChI=1S/C14H17N3O.C4H4ClNS.2C2H6/c18-10-15-12-6-7-14-11(8-12)9-17(16-14)13-4-2-1-3-5-13;1-3-6-2-4(5)7-3;2*1-2/h6-10,13H,1-5H2,(H,15,18);2H,1H3;2*1-2H3. The summed E-state index contributed by atoms with van der Waals surface area (Å²) in [5, 5.41) is 9.42. The van der Waals surface area contributed by atoms with E-state index in [2.05, 4.69) is 26.3 Å². The van der Waals surface area contributed by atoms with Gasteiger partial charge in [-0.1, -0.05) is 58.6 Å². The Kier molecular flexibility index (Phi) is 12.2. The first-order valence-corrected chi connectivity index (χ1v) is 11.6. The van der Waals surface area contributed by atoms with Crippen LogP contribution in [-0.4, -0.2) is 21.2 Å². The average Bonchev–Trinajstić information content (AvgIpc) is 3.37. The normalized spacial score (nSPS) is 13.2. The Balaban J connectivity index is 0.000000321. The van der Waals surface area contributed by atoms with Crippen LogP contribution in [0.1, 0.15) is 70.8 Å². The number of hydrogen-bond donors (Lipinski definition) is 1. The molecule has 1 aliphatic carbocycles. The SMILES string of the molecule is CC.CC.Cc1ncc(Cl)s1.O=CNc1ccc2nn(C3CCCCC3)cc2c1. The molecule has 1 N–H and O–H groups in total. The third-order valence-corrected chi connectivity index (χ3v) is 5.32. The van der Waals surface area contributed by atoms with E-state index in [0.717, 1.165) is 25.9 Å². The van der Waals surface area contributed by atoms with Gasteiger partial charge < -0.3 is 5.32 Å². The molecule has 1 saturated carbocycles. The van der Waals surface area contributed by atoms with Gasteiger partial charge in [-0.2, -0.15) is 5.10 Å². The van der Waals surface area contributed by atoms with Crippen molar-refractivity contribution in [2.24, 2.45) is 0 Å². The number of aryl methyl sites for hydroxylation is 1. The number of fused-ring (bicyclic) bond motifs is 1. The van der Waals surface area contributed by atoms with E-state index < -0.39 is 0 Å². The molecule has 7 heteroatoms. The van der Waals surface area contributed by atoms with Crippen molar-refractivity contribution >= 4 is 45.9 Å². The average molecular weight is 437 g/mol. The summed E-state index contributed by atoms with van der Waals surface area (Å²) in [5.74, 6) is 0. The molecule has 0 atom stereocenters. The number of halogens is 1. The second-order valence-corrected chi connectivity index (χ2v) is 7.99. The van der Waals surface area contributed by atoms with Crippen molar-refractivity contribution < 1.29 is 4.79 Å². The minimum Gasteiger partial charge on any atom is -0.329 e. The summed E-state index contributed by atoms with van der Waals surface area (Å²) >= 11 is 7.01. The first-order valence-electron chi connectivity index (χ1n) is 10.4. The number of carbonyl (C=O) groups is 1. The third kappa shape index (κ3) is 8.15. The highest BCUT2D eigenvalue weighted by atomic mass is 35.5. The molecule has 2 heterocycles. The van der Waals surface area contributed by atoms with Crippen molar-refractivity contribution in [3.8, 4) is 0 Å². The smallest absolute Gasteiger partial charge is 0.211 e. The predicted molar refractivity (Wildman–Crippen MR) is 126 cm³/mol. The maximum atomic E-state index is 10.4. The number of anilines is 1. The number of benzene rings is 1. The van der Waals surface area contributed by atoms with E-state index in [9.17, 15) is 4.79 Å². The Morgan fingerprint density at radius 2 is 1.86 bits per heavy atom. The van der Waals surface area contributed by atoms with Crippen molar-refractivity contribution in [3.63, 3.8) is 0 Å². The van der Waals surface area contributed by atoms with Crippen molar-refractivity contribution in [1.29, 1.82) is 0 Å². The van der Waals surface area contributed by atoms with Gasteiger partial charge in [0.15, 0.2) is 0 Å². The van der Waals surface area contributed by atoms with Gasteiger partial charge in [-0.15, -0.1) is 11.3 Å². The molecule has 1 fully saturated rings. The Morgan fingerprint density at radius 3 is 2.38 bits per heavy atom. The van der Waals surface area contributed by atoms with E-state index in [4.69, 9.17) is 11.6 Å². The van der Waals surface area contributed by atoms with Gasteiger partial charge in [0, 0.05) is 17.3 Å². The van der Waals surface area contributed by atoms with Crippen molar-refractivity contribution in [1.82, 2.24) is 14.8 Å². The summed E-state index contributed by atoms with van der Waals surface area (Å²) in [6.45, 7) is 9.93. The van der Waals surface area contributed by atoms with Crippen LogP contribution in [0.5, 0.6) is 0 Å². The molecule has 0 unspecified atom stereocenters. The molecule has 0 saturated heterocycles. The van der Waals surface area contributed by atoms with Crippen LogP contribution >= 0.6 is 22.9 Å². The fourth-order valence-electron chi connectivity index (χ4n) is 3.07. The van der Waals surface area contributed by atoms with Crippen LogP contribution in [0.25, 0.3) is 10.9 Å². The van der Waals surface area contributed by atoms with Crippen molar-refractivity contribution in [2.75, 3.05) is 5.32 Å². The Hall–Kier alpha value is -1.92. The number of rotatable bonds is 3. The van der Waals surface area contributed by atoms with Crippen LogP contribution in [0, 0.1) is 6.92 Å². The first kappa shape index (κ1) is 25.1. The second-order valence-electron chi connectivity index (χ2n) is 6.12. The van der Waals surface area contributed by atoms with E-state index in [-0.39, 0.29) is 0 Å². The molecule has 0 radical (unpaired) electrons. The van der Waals surface area contributed by atoms with Crippen LogP contribution in [-0.2, 0) is 4.79 Å². The minimum atomic E-state index is 0.550. The first-order chi connectivity index (χ1) is 14.2. The molecule has 3 aromatic rings. The van der Waals surface area contributed by atoms with Gasteiger partial charge in [0.2, 0.25) is 6.41 Å². The molecular weight excluding hydrogens is 404 g/mol. The number of carbonyl (C=O) groups excluding carboxylic acids is 1. The van der Waals surface area contributed by atoms with Gasteiger partial charge in [0.25, 0.3) is 0 Å². The van der Waals surface area contributed by atoms with Crippen LogP contribution in [0.4, 0.5) is 5.69 Å². The van der Waals surface area contributed by atoms with E-state index in [1.165, 1.54) is 43.4 Å². The van der Waals surface area contributed by atoms with Gasteiger partial charge in [-0.25, -0.2) is 4.98 Å². The fourth-order valence-corrected chi connectivity index (χ4v) is 3.95. The van der Waals surface area contributed by atoms with Gasteiger partial charge in [-0.3, -0.25) is 9.48 Å². The fraction of sp³-hybridized carbons (Fsp3) is 0.500. The van der Waals surface area contributed by atoms with Crippen molar-refractivity contribution in [3.05, 3.63) is 39.9 Å². The predicted octanol–water partition coefficient (Wildman–Crippen LogP) is 7.27. The lowest BCUT2D eigenvalue weighted by atomic mass is 9.96. The van der Waals surface area contributed by atoms with Crippen LogP contribution in [0.3, 0.4) is 0 Å². The van der Waals surface area contributed by atoms with Gasteiger partial charge in [-0.05, 0) is 38.0 Å². The largest absolute Gasteiger partial charge is 0.329 e. The van der Waals surface area contributed by atoms with E-state index in [1.807, 2.05) is 52.8 Å². The number of nitrogens with zero attached hydrogens (tertiary/aromatic N) is 3. The molecule has 1 aliphatic rings. The number of aromatic nitrogens is 3. The Labute approximate surface area is 183 Å². The maximum absolute atomic E-state index is 10.4. The van der Waals surface area contributed by atoms with E-state index in [0.29, 0.717) is 12.5 Å². The summed E-state index contributed by atoms with van der Waals surface area (Å²) in [4.78, 5) is 14.3. The number of thiazole rings is 1. The quantitative estimate of drug-likeness (QED) is 0.439. The monoisotopic (exact) mass is 436 g/mol. The zero-order valence-corrected chi connectivity index (χ0v) is 19.7. The Bertz CT molecular complexity index is 824. The molecule has 2 aromatic heterocycles. The van der Waals surface area contributed by atoms with E-state index in [1.54, 1.807) is 6.20 Å². The van der Waals surface area contributed by atoms with Gasteiger partial charge in [0.1, 0.15) is 4.34 Å². The maximum Gasteiger partial charge on any atom is 0.211 e. The molecule has 4 rings (SSSR count). The lowest BCUT2D eigenvalue weighted by molar-refractivity contribution is -0.105. The molecule has 0 spiro atoms. The highest BCUT2D eigenvalue weighted by Crippen LogP contribution is 2.29. The zero-order chi connectivity index (χ0) is 21.6. The highest BCUT2D eigenvalue weighted by Gasteiger charge is 2.16. The lowest BCUT2D eigenvalue weighted by Crippen LogP contribution is -2.12. The van der Waals surface area contributed by atoms with Crippen LogP contribution in [0.2, 0.25) is 4.34 Å². The third-order valence-electron chi connectivity index (χ3n) is 4.29. The molecule has 1 amide bonds. The summed E-state index contributed by atoms with van der Waals surface area (Å²) < 4.78 is 2.87. The van der Waals surface area contributed by atoms with Crippen LogP contribution < -0.4 is 5.32 Å². The minimum absolute atomic E-state index is 0.550. The number of nitrogens with one attached hydrogen (secondary N) is 1. The summed E-state index contributed by atoms with van der Waals surface area (Å²) in [6.07, 6.45) is 10.9. The Morgan fingerprint density at radius 1 is 1.17 bits per heavy atom. The summed E-state index contributed by atoms with van der Waals surface area (Å²) in [7, 11) is 0. The summed E-state index contributed by atoms with van der Waals surface area (Å²) in [5.41, 5.74) is 1.82. The van der Waals surface area contributed by atoms with Crippen molar-refractivity contribution in [2.45, 2.75) is 72.8 Å². The van der Waals surface area contributed by atoms with E-state index >= 15 is 0 Å². The zero-order valence-electron chi connectivity index (χ0n) is 18.1. The summed E-state index contributed by atoms with van der Waals surface area (Å²) in [6, 6.07) is 6.36. The van der Waals surface area contributed by atoms with Gasteiger partial charge in [0.05, 0.1) is 22.8 Å². The molecule has 5 nitrogen and oxygen atoms in total. The highest BCUT2D eigenvalue weighted by molar-refractivity contribution is 7.15. The van der Waals surface area contributed by atoms with Crippen LogP contribution in [0.15, 0.2) is 30.6 Å². The number of amides is 1. The molecule has 29 heavy (non-hydrogen) atoms. The molecule has 0 bridgehead atoms. The molecular formula is C22H33ClN4OS. The molecule has 1 aromatic carbocycles. The second kappa shape index (κ2) is 14.1. The molecule has 160 valence electrons. The lowest BCUT2D eigenvalue weighted by Gasteiger charge is -2.21. The number of hydrogen-bond acceptors (Lipinski definition) is 4. The molecule has 0 aliphatic heterocycles. The topological polar surface area (TPSA) is 59.8 Å².